The van der Waals surface area contributed by atoms with Crippen LogP contribution >= 0.6 is 0 Å². The molecular weight excluding hydrogens is 218 g/mol. The molecule has 1 unspecified atom stereocenters. The second-order valence-electron chi connectivity index (χ2n) is 4.68. The Morgan fingerprint density at radius 3 is 2.47 bits per heavy atom. The van der Waals surface area contributed by atoms with Gasteiger partial charge in [-0.15, -0.1) is 0 Å². The Morgan fingerprint density at radius 2 is 1.94 bits per heavy atom. The van der Waals surface area contributed by atoms with Gasteiger partial charge in [-0.1, -0.05) is 33.1 Å². The summed E-state index contributed by atoms with van der Waals surface area (Å²) >= 11 is 0. The van der Waals surface area contributed by atoms with Gasteiger partial charge in [-0.3, -0.25) is 4.79 Å². The molecule has 1 atom stereocenters. The molecule has 2 N–H and O–H groups in total. The second kappa shape index (κ2) is 9.42. The first-order valence-corrected chi connectivity index (χ1v) is 6.63. The Bertz CT molecular complexity index is 209. The Hall–Kier alpha value is -0.610. The van der Waals surface area contributed by atoms with E-state index in [4.69, 9.17) is 9.84 Å². The van der Waals surface area contributed by atoms with E-state index in [2.05, 4.69) is 12.2 Å². The Kier molecular flexibility index (Phi) is 9.09. The molecule has 0 aromatic heterocycles. The average molecular weight is 245 g/mol. The van der Waals surface area contributed by atoms with E-state index < -0.39 is 11.5 Å². The third-order valence-electron chi connectivity index (χ3n) is 2.77. The maximum atomic E-state index is 11.2. The van der Waals surface area contributed by atoms with Gasteiger partial charge in [0.25, 0.3) is 0 Å². The van der Waals surface area contributed by atoms with E-state index in [-0.39, 0.29) is 6.61 Å². The molecule has 0 rings (SSSR count). The van der Waals surface area contributed by atoms with Crippen LogP contribution in [0.25, 0.3) is 0 Å². The summed E-state index contributed by atoms with van der Waals surface area (Å²) in [5.41, 5.74) is -0.958. The summed E-state index contributed by atoms with van der Waals surface area (Å²) in [6, 6.07) is 0. The highest BCUT2D eigenvalue weighted by Crippen LogP contribution is 2.06. The van der Waals surface area contributed by atoms with Gasteiger partial charge in [-0.25, -0.2) is 0 Å². The van der Waals surface area contributed by atoms with Gasteiger partial charge >= 0.3 is 5.97 Å². The molecular formula is C13H27NO3. The van der Waals surface area contributed by atoms with Gasteiger partial charge in [0.2, 0.25) is 0 Å². The van der Waals surface area contributed by atoms with E-state index in [1.807, 2.05) is 6.92 Å². The van der Waals surface area contributed by atoms with Crippen molar-refractivity contribution in [2.45, 2.75) is 58.4 Å². The molecule has 102 valence electrons. The second-order valence-corrected chi connectivity index (χ2v) is 4.68. The molecule has 4 heteroatoms. The first kappa shape index (κ1) is 16.4. The van der Waals surface area contributed by atoms with Crippen LogP contribution in [-0.2, 0) is 9.53 Å². The maximum Gasteiger partial charge on any atom is 0.326 e. The van der Waals surface area contributed by atoms with Crippen molar-refractivity contribution in [3.8, 4) is 0 Å². The lowest BCUT2D eigenvalue weighted by molar-refractivity contribution is -0.146. The number of aliphatic carboxylic acids is 1. The minimum atomic E-state index is -0.958. The van der Waals surface area contributed by atoms with Crippen LogP contribution in [0.15, 0.2) is 0 Å². The molecule has 0 saturated heterocycles. The van der Waals surface area contributed by atoms with E-state index in [9.17, 15) is 4.79 Å². The summed E-state index contributed by atoms with van der Waals surface area (Å²) in [6.45, 7) is 7.43. The number of hydrogen-bond acceptors (Lipinski definition) is 3. The van der Waals surface area contributed by atoms with Gasteiger partial charge in [-0.05, 0) is 26.3 Å². The van der Waals surface area contributed by atoms with Crippen molar-refractivity contribution in [3.05, 3.63) is 0 Å². The summed E-state index contributed by atoms with van der Waals surface area (Å²) in [5.74, 6) is -0.848. The first-order valence-electron chi connectivity index (χ1n) is 6.63. The van der Waals surface area contributed by atoms with Crippen molar-refractivity contribution in [3.63, 3.8) is 0 Å². The van der Waals surface area contributed by atoms with E-state index in [0.29, 0.717) is 13.2 Å². The summed E-state index contributed by atoms with van der Waals surface area (Å²) < 4.78 is 5.46. The van der Waals surface area contributed by atoms with Crippen molar-refractivity contribution in [1.29, 1.82) is 0 Å². The number of carbonyl (C=O) groups is 1. The van der Waals surface area contributed by atoms with Crippen LogP contribution in [0.1, 0.15) is 52.9 Å². The van der Waals surface area contributed by atoms with Crippen LogP contribution in [-0.4, -0.2) is 36.4 Å². The van der Waals surface area contributed by atoms with E-state index in [1.165, 1.54) is 12.8 Å². The van der Waals surface area contributed by atoms with Gasteiger partial charge in [0, 0.05) is 6.61 Å². The number of hydrogen-bond donors (Lipinski definition) is 2. The lowest BCUT2D eigenvalue weighted by atomic mass is 10.0. The summed E-state index contributed by atoms with van der Waals surface area (Å²) in [7, 11) is 0. The fraction of sp³-hybridized carbons (Fsp3) is 0.923. The zero-order valence-electron chi connectivity index (χ0n) is 11.4. The van der Waals surface area contributed by atoms with Crippen LogP contribution in [0.5, 0.6) is 0 Å². The van der Waals surface area contributed by atoms with Crippen LogP contribution in [0, 0.1) is 0 Å². The van der Waals surface area contributed by atoms with Gasteiger partial charge in [0.05, 0.1) is 6.61 Å². The van der Waals surface area contributed by atoms with Crippen LogP contribution < -0.4 is 5.32 Å². The molecule has 0 heterocycles. The number of rotatable bonds is 11. The molecule has 0 aliphatic carbocycles. The largest absolute Gasteiger partial charge is 0.480 e. The van der Waals surface area contributed by atoms with Gasteiger partial charge in [0.1, 0.15) is 5.54 Å². The average Bonchev–Trinajstić information content (AvgIpc) is 2.31. The quantitative estimate of drug-likeness (QED) is 0.549. The van der Waals surface area contributed by atoms with Gasteiger partial charge < -0.3 is 15.2 Å². The predicted molar refractivity (Wildman–Crippen MR) is 69.3 cm³/mol. The van der Waals surface area contributed by atoms with Crippen LogP contribution in [0.2, 0.25) is 0 Å². The molecule has 0 amide bonds. The third-order valence-corrected chi connectivity index (χ3v) is 2.77. The number of carboxylic acids is 1. The van der Waals surface area contributed by atoms with Crippen LogP contribution in [0.3, 0.4) is 0 Å². The van der Waals surface area contributed by atoms with Crippen molar-refractivity contribution in [2.24, 2.45) is 0 Å². The summed E-state index contributed by atoms with van der Waals surface area (Å²) in [6.07, 6.45) is 5.50. The molecule has 0 aromatic rings. The van der Waals surface area contributed by atoms with Gasteiger partial charge in [-0.2, -0.15) is 0 Å². The normalized spacial score (nSPS) is 14.5. The summed E-state index contributed by atoms with van der Waals surface area (Å²) in [4.78, 5) is 11.2. The molecule has 0 aliphatic heterocycles. The molecule has 0 radical (unpaired) electrons. The minimum Gasteiger partial charge on any atom is -0.480 e. The Morgan fingerprint density at radius 1 is 1.24 bits per heavy atom. The molecule has 0 bridgehead atoms. The number of carboxylic acid groups (broad SMARTS) is 1. The Balaban J connectivity index is 3.81. The molecule has 0 saturated carbocycles. The molecule has 17 heavy (non-hydrogen) atoms. The molecule has 0 fully saturated rings. The predicted octanol–water partition coefficient (Wildman–Crippen LogP) is 2.43. The van der Waals surface area contributed by atoms with Crippen LogP contribution in [0.4, 0.5) is 0 Å². The van der Waals surface area contributed by atoms with Crippen molar-refractivity contribution < 1.29 is 14.6 Å². The van der Waals surface area contributed by atoms with E-state index in [0.717, 1.165) is 19.3 Å². The van der Waals surface area contributed by atoms with Crippen molar-refractivity contribution in [2.75, 3.05) is 19.8 Å². The minimum absolute atomic E-state index is 0.231. The smallest absolute Gasteiger partial charge is 0.326 e. The maximum absolute atomic E-state index is 11.2. The lowest BCUT2D eigenvalue weighted by Crippen LogP contribution is -2.53. The first-order chi connectivity index (χ1) is 8.06. The Labute approximate surface area is 105 Å². The summed E-state index contributed by atoms with van der Waals surface area (Å²) in [5, 5.41) is 12.2. The van der Waals surface area contributed by atoms with Gasteiger partial charge in [0.15, 0.2) is 0 Å². The van der Waals surface area contributed by atoms with Crippen molar-refractivity contribution >= 4 is 5.97 Å². The highest BCUT2D eigenvalue weighted by molar-refractivity contribution is 5.78. The molecule has 0 aliphatic rings. The number of nitrogens with one attached hydrogen (secondary N) is 1. The number of unbranched alkanes of at least 4 members (excludes halogenated alkanes) is 3. The standard InChI is InChI=1S/C13H27NO3/c1-4-6-7-8-10-17-11-13(3,12(15)16)14-9-5-2/h14H,4-11H2,1-3H3,(H,15,16). The highest BCUT2D eigenvalue weighted by Gasteiger charge is 2.32. The van der Waals surface area contributed by atoms with E-state index in [1.54, 1.807) is 6.92 Å². The topological polar surface area (TPSA) is 58.6 Å². The van der Waals surface area contributed by atoms with Crippen molar-refractivity contribution in [1.82, 2.24) is 5.32 Å². The monoisotopic (exact) mass is 245 g/mol. The lowest BCUT2D eigenvalue weighted by Gasteiger charge is -2.26. The number of ether oxygens (including phenoxy) is 1. The van der Waals surface area contributed by atoms with E-state index >= 15 is 0 Å². The zero-order chi connectivity index (χ0) is 13.1. The molecule has 0 aromatic carbocycles. The third kappa shape index (κ3) is 7.34. The fourth-order valence-corrected chi connectivity index (χ4v) is 1.50. The molecule has 4 nitrogen and oxygen atoms in total. The zero-order valence-corrected chi connectivity index (χ0v) is 11.4. The molecule has 0 spiro atoms. The fourth-order valence-electron chi connectivity index (χ4n) is 1.50. The SMILES string of the molecule is CCCCCCOCC(C)(NCCC)C(=O)O. The highest BCUT2D eigenvalue weighted by atomic mass is 16.5.